The zero-order chi connectivity index (χ0) is 19.9. The summed E-state index contributed by atoms with van der Waals surface area (Å²) in [6.07, 6.45) is 1.41. The molecular weight excluding hydrogens is 404 g/mol. The van der Waals surface area contributed by atoms with Crippen LogP contribution in [0.25, 0.3) is 0 Å². The Morgan fingerprint density at radius 1 is 1.18 bits per heavy atom. The van der Waals surface area contributed by atoms with Crippen molar-refractivity contribution in [3.05, 3.63) is 59.5 Å². The van der Waals surface area contributed by atoms with Gasteiger partial charge in [-0.05, 0) is 42.5 Å². The number of nitrogens with one attached hydrogen (secondary N) is 2. The summed E-state index contributed by atoms with van der Waals surface area (Å²) in [5, 5.41) is 14.2. The number of hydrogen-bond donors (Lipinski definition) is 2. The van der Waals surface area contributed by atoms with Crippen LogP contribution >= 0.6 is 23.4 Å². The minimum absolute atomic E-state index is 0.114. The lowest BCUT2D eigenvalue weighted by Crippen LogP contribution is -2.15. The van der Waals surface area contributed by atoms with Crippen LogP contribution in [0.4, 0.5) is 11.5 Å². The maximum absolute atomic E-state index is 12.2. The summed E-state index contributed by atoms with van der Waals surface area (Å²) in [6.45, 7) is 0. The summed E-state index contributed by atoms with van der Waals surface area (Å²) in [5.74, 6) is 0.408. The molecule has 0 aliphatic rings. The van der Waals surface area contributed by atoms with E-state index in [2.05, 4.69) is 20.8 Å². The summed E-state index contributed by atoms with van der Waals surface area (Å²) in [4.78, 5) is 24.0. The second kappa shape index (κ2) is 9.25. The number of benzene rings is 1. The van der Waals surface area contributed by atoms with Crippen LogP contribution in [0.3, 0.4) is 0 Å². The molecule has 144 valence electrons. The predicted molar refractivity (Wildman–Crippen MR) is 106 cm³/mol. The molecule has 28 heavy (non-hydrogen) atoms. The molecule has 0 fully saturated rings. The van der Waals surface area contributed by atoms with E-state index in [4.69, 9.17) is 20.8 Å². The van der Waals surface area contributed by atoms with E-state index in [0.29, 0.717) is 21.5 Å². The first-order chi connectivity index (χ1) is 13.5. The van der Waals surface area contributed by atoms with Crippen LogP contribution < -0.4 is 15.4 Å². The van der Waals surface area contributed by atoms with Gasteiger partial charge in [0, 0.05) is 5.02 Å². The Morgan fingerprint density at radius 3 is 2.71 bits per heavy atom. The smallest absolute Gasteiger partial charge is 0.292 e. The number of methoxy groups -OCH3 is 1. The van der Waals surface area contributed by atoms with E-state index in [0.717, 1.165) is 0 Å². The highest BCUT2D eigenvalue weighted by molar-refractivity contribution is 7.99. The summed E-state index contributed by atoms with van der Waals surface area (Å²) < 4.78 is 10.2. The molecule has 0 bridgehead atoms. The lowest BCUT2D eigenvalue weighted by molar-refractivity contribution is -0.113. The molecule has 0 unspecified atom stereocenters. The van der Waals surface area contributed by atoms with Crippen molar-refractivity contribution in [1.82, 2.24) is 10.2 Å². The number of furan rings is 1. The molecular formula is C18H15ClN4O4S. The van der Waals surface area contributed by atoms with Gasteiger partial charge in [-0.15, -0.1) is 10.2 Å². The number of thioether (sulfide) groups is 1. The molecule has 0 radical (unpaired) electrons. The predicted octanol–water partition coefficient (Wildman–Crippen LogP) is 3.71. The van der Waals surface area contributed by atoms with Crippen LogP contribution in [-0.4, -0.2) is 34.9 Å². The maximum atomic E-state index is 12.2. The Hall–Kier alpha value is -3.04. The van der Waals surface area contributed by atoms with Gasteiger partial charge in [-0.3, -0.25) is 9.59 Å². The van der Waals surface area contributed by atoms with Gasteiger partial charge in [0.2, 0.25) is 5.91 Å². The Bertz CT molecular complexity index is 964. The highest BCUT2D eigenvalue weighted by Gasteiger charge is 2.11. The second-order valence-electron chi connectivity index (χ2n) is 5.37. The summed E-state index contributed by atoms with van der Waals surface area (Å²) in [5.41, 5.74) is 0.489. The number of nitrogens with zero attached hydrogens (tertiary/aromatic N) is 2. The van der Waals surface area contributed by atoms with E-state index in [1.54, 1.807) is 42.5 Å². The van der Waals surface area contributed by atoms with Crippen molar-refractivity contribution in [2.75, 3.05) is 23.5 Å². The average molecular weight is 419 g/mol. The van der Waals surface area contributed by atoms with E-state index in [9.17, 15) is 9.59 Å². The quantitative estimate of drug-likeness (QED) is 0.563. The second-order valence-corrected chi connectivity index (χ2v) is 6.80. The average Bonchev–Trinajstić information content (AvgIpc) is 3.23. The van der Waals surface area contributed by atoms with Crippen molar-refractivity contribution in [2.24, 2.45) is 0 Å². The number of hydrogen-bond acceptors (Lipinski definition) is 7. The highest BCUT2D eigenvalue weighted by atomic mass is 35.5. The number of carbonyl (C=O) groups excluding carboxylic acids is 2. The number of halogens is 1. The SMILES string of the molecule is COc1ccc(Cl)cc1NC(=O)CSc1ccc(NC(=O)c2ccco2)nn1. The third kappa shape index (κ3) is 5.24. The first kappa shape index (κ1) is 19.7. The minimum atomic E-state index is -0.422. The fraction of sp³-hybridized carbons (Fsp3) is 0.111. The van der Waals surface area contributed by atoms with Gasteiger partial charge >= 0.3 is 0 Å². The van der Waals surface area contributed by atoms with Crippen LogP contribution in [0, 0.1) is 0 Å². The molecule has 8 nitrogen and oxygen atoms in total. The number of amides is 2. The van der Waals surface area contributed by atoms with Gasteiger partial charge in [0.25, 0.3) is 5.91 Å². The first-order valence-corrected chi connectivity index (χ1v) is 9.36. The molecule has 0 saturated heterocycles. The standard InChI is InChI=1S/C18H15ClN4O4S/c1-26-13-5-4-11(19)9-12(13)20-16(24)10-28-17-7-6-15(22-23-17)21-18(25)14-3-2-8-27-14/h2-9H,10H2,1H3,(H,20,24)(H,21,22,25). The van der Waals surface area contributed by atoms with Crippen LogP contribution in [0.5, 0.6) is 5.75 Å². The molecule has 0 atom stereocenters. The molecule has 2 N–H and O–H groups in total. The van der Waals surface area contributed by atoms with Gasteiger partial charge < -0.3 is 19.8 Å². The lowest BCUT2D eigenvalue weighted by atomic mass is 10.3. The number of anilines is 2. The molecule has 2 heterocycles. The van der Waals surface area contributed by atoms with Crippen molar-refractivity contribution in [2.45, 2.75) is 5.03 Å². The number of ether oxygens (including phenoxy) is 1. The molecule has 1 aromatic carbocycles. The van der Waals surface area contributed by atoms with Gasteiger partial charge in [-0.1, -0.05) is 23.4 Å². The third-order valence-electron chi connectivity index (χ3n) is 3.41. The monoisotopic (exact) mass is 418 g/mol. The van der Waals surface area contributed by atoms with E-state index < -0.39 is 5.91 Å². The molecule has 2 amide bonds. The van der Waals surface area contributed by atoms with E-state index >= 15 is 0 Å². The van der Waals surface area contributed by atoms with E-state index in [1.807, 2.05) is 0 Å². The molecule has 3 aromatic rings. The van der Waals surface area contributed by atoms with Crippen molar-refractivity contribution in [3.63, 3.8) is 0 Å². The summed E-state index contributed by atoms with van der Waals surface area (Å²) in [7, 11) is 1.51. The van der Waals surface area contributed by atoms with Crippen LogP contribution in [0.2, 0.25) is 5.02 Å². The summed E-state index contributed by atoms with van der Waals surface area (Å²) in [6, 6.07) is 11.4. The van der Waals surface area contributed by atoms with Crippen LogP contribution in [-0.2, 0) is 4.79 Å². The third-order valence-corrected chi connectivity index (χ3v) is 4.57. The number of carbonyl (C=O) groups is 2. The molecule has 10 heteroatoms. The fourth-order valence-corrected chi connectivity index (χ4v) is 2.94. The Labute approximate surface area is 169 Å². The van der Waals surface area contributed by atoms with Gasteiger partial charge in [0.15, 0.2) is 11.6 Å². The lowest BCUT2D eigenvalue weighted by Gasteiger charge is -2.10. The number of rotatable bonds is 7. The zero-order valence-electron chi connectivity index (χ0n) is 14.6. The normalized spacial score (nSPS) is 10.4. The zero-order valence-corrected chi connectivity index (χ0v) is 16.2. The minimum Gasteiger partial charge on any atom is -0.495 e. The van der Waals surface area contributed by atoms with Crippen LogP contribution in [0.15, 0.2) is 58.2 Å². The maximum Gasteiger partial charge on any atom is 0.292 e. The van der Waals surface area contributed by atoms with Crippen molar-refractivity contribution in [3.8, 4) is 5.75 Å². The topological polar surface area (TPSA) is 106 Å². The number of aromatic nitrogens is 2. The molecule has 3 rings (SSSR count). The first-order valence-electron chi connectivity index (χ1n) is 8.00. The molecule has 0 aliphatic heterocycles. The molecule has 2 aromatic heterocycles. The van der Waals surface area contributed by atoms with E-state index in [-0.39, 0.29) is 23.2 Å². The molecule has 0 saturated carbocycles. The van der Waals surface area contributed by atoms with Gasteiger partial charge in [0.05, 0.1) is 24.8 Å². The van der Waals surface area contributed by atoms with E-state index in [1.165, 1.54) is 25.1 Å². The Kier molecular flexibility index (Phi) is 6.51. The Morgan fingerprint density at radius 2 is 2.04 bits per heavy atom. The summed E-state index contributed by atoms with van der Waals surface area (Å²) >= 11 is 7.15. The van der Waals surface area contributed by atoms with Crippen LogP contribution in [0.1, 0.15) is 10.6 Å². The van der Waals surface area contributed by atoms with Gasteiger partial charge in [-0.25, -0.2) is 0 Å². The van der Waals surface area contributed by atoms with Crippen molar-refractivity contribution in [1.29, 1.82) is 0 Å². The molecule has 0 spiro atoms. The fourth-order valence-electron chi connectivity index (χ4n) is 2.15. The highest BCUT2D eigenvalue weighted by Crippen LogP contribution is 2.28. The van der Waals surface area contributed by atoms with Crippen molar-refractivity contribution < 1.29 is 18.7 Å². The molecule has 0 aliphatic carbocycles. The van der Waals surface area contributed by atoms with Crippen molar-refractivity contribution >= 4 is 46.7 Å². The largest absolute Gasteiger partial charge is 0.495 e. The van der Waals surface area contributed by atoms with Gasteiger partial charge in [-0.2, -0.15) is 0 Å². The Balaban J connectivity index is 1.52. The van der Waals surface area contributed by atoms with Gasteiger partial charge in [0.1, 0.15) is 10.8 Å².